The van der Waals surface area contributed by atoms with E-state index < -0.39 is 5.60 Å². The Hall–Kier alpha value is -3.57. The zero-order valence-corrected chi connectivity index (χ0v) is 24.6. The molecule has 3 aromatic rings. The summed E-state index contributed by atoms with van der Waals surface area (Å²) in [5.41, 5.74) is 9.06. The van der Waals surface area contributed by atoms with E-state index in [1.165, 1.54) is 11.3 Å². The lowest BCUT2D eigenvalue weighted by Crippen LogP contribution is -2.47. The summed E-state index contributed by atoms with van der Waals surface area (Å²) in [5.74, 6) is 0.580. The lowest BCUT2D eigenvalue weighted by Gasteiger charge is -2.30. The highest BCUT2D eigenvalue weighted by Gasteiger charge is 2.39. The molecule has 1 fully saturated rings. The van der Waals surface area contributed by atoms with Crippen LogP contribution in [0.25, 0.3) is 10.2 Å². The zero-order valence-electron chi connectivity index (χ0n) is 23.8. The maximum atomic E-state index is 13.1. The number of ether oxygens (including phenoxy) is 3. The predicted octanol–water partition coefficient (Wildman–Crippen LogP) is 3.99. The van der Waals surface area contributed by atoms with Crippen LogP contribution in [0.3, 0.4) is 0 Å². The van der Waals surface area contributed by atoms with Gasteiger partial charge in [-0.15, -0.1) is 11.3 Å². The first-order valence-electron chi connectivity index (χ1n) is 13.4. The van der Waals surface area contributed by atoms with Crippen molar-refractivity contribution in [1.82, 2.24) is 15.2 Å². The molecule has 1 saturated heterocycles. The zero-order chi connectivity index (χ0) is 28.8. The Morgan fingerprint density at radius 3 is 2.73 bits per heavy atom. The molecule has 5 rings (SSSR count). The average Bonchev–Trinajstić information content (AvgIpc) is 3.48. The molecule has 1 aromatic carbocycles. The van der Waals surface area contributed by atoms with E-state index in [-0.39, 0.29) is 30.2 Å². The second kappa shape index (κ2) is 10.8. The number of rotatable bonds is 5. The number of amides is 2. The molecule has 3 atom stereocenters. The van der Waals surface area contributed by atoms with E-state index in [4.69, 9.17) is 19.9 Å². The molecule has 0 saturated carbocycles. The second-order valence-electron chi connectivity index (χ2n) is 11.5. The number of nitrogens with zero attached hydrogens (tertiary/aromatic N) is 3. The van der Waals surface area contributed by atoms with Gasteiger partial charge in [-0.05, 0) is 57.9 Å². The number of likely N-dealkylation sites (N-methyl/N-ethyl adjacent to an activating group) is 1. The summed E-state index contributed by atoms with van der Waals surface area (Å²) >= 11 is 1.31. The van der Waals surface area contributed by atoms with Crippen LogP contribution < -0.4 is 20.7 Å². The molecule has 3 N–H and O–H groups in total. The molecule has 2 aliphatic rings. The number of methoxy groups -OCH3 is 1. The van der Waals surface area contributed by atoms with Gasteiger partial charge in [-0.3, -0.25) is 4.79 Å². The molecule has 2 aromatic heterocycles. The van der Waals surface area contributed by atoms with E-state index >= 15 is 0 Å². The number of aromatic nitrogens is 1. The minimum atomic E-state index is -0.569. The number of hydrogen-bond acceptors (Lipinski definition) is 9. The van der Waals surface area contributed by atoms with Gasteiger partial charge in [0.2, 0.25) is 0 Å². The van der Waals surface area contributed by atoms with Gasteiger partial charge in [0.15, 0.2) is 0 Å². The minimum absolute atomic E-state index is 0.156. The van der Waals surface area contributed by atoms with E-state index in [1.807, 2.05) is 58.0 Å². The van der Waals surface area contributed by atoms with Gasteiger partial charge in [0.25, 0.3) is 5.91 Å². The molecule has 10 nitrogen and oxygen atoms in total. The summed E-state index contributed by atoms with van der Waals surface area (Å²) < 4.78 is 17.4. The number of thiophene rings is 1. The van der Waals surface area contributed by atoms with Crippen molar-refractivity contribution in [3.8, 4) is 5.75 Å². The third kappa shape index (κ3) is 5.66. The lowest BCUT2D eigenvalue weighted by molar-refractivity contribution is 0.00378. The van der Waals surface area contributed by atoms with Crippen molar-refractivity contribution in [1.29, 1.82) is 0 Å². The van der Waals surface area contributed by atoms with Crippen molar-refractivity contribution in [2.45, 2.75) is 57.9 Å². The first-order chi connectivity index (χ1) is 18.9. The van der Waals surface area contributed by atoms with E-state index in [0.29, 0.717) is 36.7 Å². The molecule has 2 unspecified atom stereocenters. The molecular formula is C29H37N5O5S. The number of nitrogens with one attached hydrogen (secondary N) is 1. The van der Waals surface area contributed by atoms with Crippen LogP contribution in [0, 0.1) is 6.92 Å². The largest absolute Gasteiger partial charge is 0.491 e. The van der Waals surface area contributed by atoms with Crippen LogP contribution >= 0.6 is 11.3 Å². The Labute approximate surface area is 238 Å². The van der Waals surface area contributed by atoms with E-state index in [2.05, 4.69) is 15.2 Å². The quantitative estimate of drug-likeness (QED) is 0.475. The van der Waals surface area contributed by atoms with Gasteiger partial charge in [-0.1, -0.05) is 6.07 Å². The van der Waals surface area contributed by atoms with Gasteiger partial charge >= 0.3 is 6.09 Å². The van der Waals surface area contributed by atoms with Crippen molar-refractivity contribution in [3.05, 3.63) is 46.5 Å². The second-order valence-corrected chi connectivity index (χ2v) is 12.5. The molecule has 214 valence electrons. The van der Waals surface area contributed by atoms with Crippen molar-refractivity contribution >= 4 is 44.9 Å². The monoisotopic (exact) mass is 567 g/mol. The number of aryl methyl sites for hydroxylation is 1. The Morgan fingerprint density at radius 2 is 2.00 bits per heavy atom. The highest BCUT2D eigenvalue weighted by Crippen LogP contribution is 2.35. The topological polar surface area (TPSA) is 119 Å². The maximum Gasteiger partial charge on any atom is 0.410 e. The number of pyridine rings is 1. The first-order valence-corrected chi connectivity index (χ1v) is 14.2. The van der Waals surface area contributed by atoms with Crippen LogP contribution in [-0.4, -0.2) is 79.5 Å². The molecule has 4 heterocycles. The molecular weight excluding hydrogens is 530 g/mol. The molecule has 40 heavy (non-hydrogen) atoms. The van der Waals surface area contributed by atoms with Gasteiger partial charge in [-0.25, -0.2) is 9.78 Å². The molecule has 0 spiro atoms. The Balaban J connectivity index is 1.24. The number of carbonyl (C=O) groups is 2. The molecule has 2 aliphatic heterocycles. The van der Waals surface area contributed by atoms with Crippen LogP contribution in [0.15, 0.2) is 30.3 Å². The summed E-state index contributed by atoms with van der Waals surface area (Å²) in [6, 6.07) is 9.57. The fourth-order valence-corrected chi connectivity index (χ4v) is 6.24. The summed E-state index contributed by atoms with van der Waals surface area (Å²) in [6.07, 6.45) is 0.121. The van der Waals surface area contributed by atoms with E-state index in [0.717, 1.165) is 32.9 Å². The minimum Gasteiger partial charge on any atom is -0.491 e. The van der Waals surface area contributed by atoms with Crippen molar-refractivity contribution in [3.63, 3.8) is 0 Å². The molecule has 11 heteroatoms. The summed E-state index contributed by atoms with van der Waals surface area (Å²) in [6.45, 7) is 9.08. The fraction of sp³-hybridized carbons (Fsp3) is 0.483. The van der Waals surface area contributed by atoms with Gasteiger partial charge in [0.1, 0.15) is 27.7 Å². The number of anilines is 2. The SMILES string of the molecule is COC1CN(c2ccc3c(c2)OC[C@H](NC(=O)c2sc4nc(C)ccc4c2N)C3)CC1N(C)C(=O)OC(C)(C)C. The highest BCUT2D eigenvalue weighted by atomic mass is 32.1. The van der Waals surface area contributed by atoms with Gasteiger partial charge in [0.05, 0.1) is 23.9 Å². The standard InChI is InChI=1S/C29H37N5O5S/c1-16-7-10-20-24(30)25(40-27(20)31-16)26(35)32-18-11-17-8-9-19(12-22(17)38-15-18)34-13-21(23(14-34)37-6)33(5)28(36)39-29(2,3)4/h7-10,12,18,21,23H,11,13-15,30H2,1-6H3,(H,32,35)/t18-,21?,23?/m1/s1. The van der Waals surface area contributed by atoms with Crippen LogP contribution in [0.2, 0.25) is 0 Å². The van der Waals surface area contributed by atoms with Crippen LogP contribution in [0.1, 0.15) is 41.7 Å². The number of nitrogen functional groups attached to an aromatic ring is 1. The predicted molar refractivity (Wildman–Crippen MR) is 156 cm³/mol. The molecule has 0 bridgehead atoms. The van der Waals surface area contributed by atoms with Gasteiger partial charge in [0, 0.05) is 50.1 Å². The first kappa shape index (κ1) is 28.0. The Kier molecular flexibility index (Phi) is 7.54. The molecule has 0 aliphatic carbocycles. The number of nitrogens with two attached hydrogens (primary N) is 1. The summed E-state index contributed by atoms with van der Waals surface area (Å²) in [4.78, 5) is 35.3. The van der Waals surface area contributed by atoms with Crippen molar-refractivity contribution < 1.29 is 23.8 Å². The van der Waals surface area contributed by atoms with Gasteiger partial charge in [-0.2, -0.15) is 0 Å². The Bertz CT molecular complexity index is 1430. The number of carbonyl (C=O) groups excluding carboxylic acids is 2. The number of hydrogen-bond donors (Lipinski definition) is 2. The average molecular weight is 568 g/mol. The van der Waals surface area contributed by atoms with Crippen molar-refractivity contribution in [2.24, 2.45) is 0 Å². The third-order valence-corrected chi connectivity index (χ3v) is 8.43. The van der Waals surface area contributed by atoms with E-state index in [9.17, 15) is 9.59 Å². The lowest BCUT2D eigenvalue weighted by atomic mass is 10.0. The summed E-state index contributed by atoms with van der Waals surface area (Å²) in [5, 5.41) is 3.88. The van der Waals surface area contributed by atoms with Crippen LogP contribution in [0.5, 0.6) is 5.75 Å². The smallest absolute Gasteiger partial charge is 0.410 e. The fourth-order valence-electron chi connectivity index (χ4n) is 5.20. The Morgan fingerprint density at radius 1 is 1.23 bits per heavy atom. The van der Waals surface area contributed by atoms with Crippen LogP contribution in [0.4, 0.5) is 16.2 Å². The van der Waals surface area contributed by atoms with E-state index in [1.54, 1.807) is 19.1 Å². The molecule has 0 radical (unpaired) electrons. The number of fused-ring (bicyclic) bond motifs is 2. The third-order valence-electron chi connectivity index (χ3n) is 7.32. The molecule has 2 amide bonds. The summed E-state index contributed by atoms with van der Waals surface area (Å²) in [7, 11) is 3.42. The number of benzene rings is 1. The highest BCUT2D eigenvalue weighted by molar-refractivity contribution is 7.21. The normalized spacial score (nSPS) is 20.6. The van der Waals surface area contributed by atoms with Crippen molar-refractivity contribution in [2.75, 3.05) is 44.5 Å². The van der Waals surface area contributed by atoms with Gasteiger partial charge < -0.3 is 35.1 Å². The van der Waals surface area contributed by atoms with Crippen LogP contribution in [-0.2, 0) is 15.9 Å². The maximum absolute atomic E-state index is 13.1.